The molecule has 1 aliphatic heterocycles. The molecular weight excluding hydrogens is 370 g/mol. The van der Waals surface area contributed by atoms with Crippen LogP contribution in [0.15, 0.2) is 24.3 Å². The molecule has 1 aliphatic rings. The summed E-state index contributed by atoms with van der Waals surface area (Å²) in [4.78, 5) is 6.97. The molecule has 0 unspecified atom stereocenters. The van der Waals surface area contributed by atoms with Crippen LogP contribution < -0.4 is 19.7 Å². The van der Waals surface area contributed by atoms with Gasteiger partial charge in [0, 0.05) is 30.2 Å². The van der Waals surface area contributed by atoms with Gasteiger partial charge in [0.1, 0.15) is 11.6 Å². The Morgan fingerprint density at radius 3 is 2.59 bits per heavy atom. The van der Waals surface area contributed by atoms with Crippen molar-refractivity contribution in [1.82, 2.24) is 15.2 Å². The SMILES string of the molecule is COc1cc2c(OC(C)C)nc(Nc3cc(C)[nH]n3)cc2cc1N1CCOCC1. The monoisotopic (exact) mass is 397 g/mol. The molecule has 8 heteroatoms. The van der Waals surface area contributed by atoms with Crippen LogP contribution in [0.25, 0.3) is 10.8 Å². The highest BCUT2D eigenvalue weighted by Crippen LogP contribution is 2.38. The number of benzene rings is 1. The van der Waals surface area contributed by atoms with Gasteiger partial charge in [-0.1, -0.05) is 0 Å². The fraction of sp³-hybridized carbons (Fsp3) is 0.429. The van der Waals surface area contributed by atoms with E-state index in [1.165, 1.54) is 0 Å². The van der Waals surface area contributed by atoms with Crippen molar-refractivity contribution in [3.8, 4) is 11.6 Å². The van der Waals surface area contributed by atoms with E-state index < -0.39 is 0 Å². The number of methoxy groups -OCH3 is 1. The summed E-state index contributed by atoms with van der Waals surface area (Å²) in [5.41, 5.74) is 2.03. The number of nitrogens with one attached hydrogen (secondary N) is 2. The van der Waals surface area contributed by atoms with Crippen molar-refractivity contribution in [2.45, 2.75) is 26.9 Å². The van der Waals surface area contributed by atoms with Crippen LogP contribution in [0.1, 0.15) is 19.5 Å². The fourth-order valence-corrected chi connectivity index (χ4v) is 3.44. The molecule has 0 aliphatic carbocycles. The van der Waals surface area contributed by atoms with Crippen LogP contribution in [-0.4, -0.2) is 54.7 Å². The summed E-state index contributed by atoms with van der Waals surface area (Å²) >= 11 is 0. The molecule has 1 aromatic carbocycles. The minimum absolute atomic E-state index is 0.00140. The number of anilines is 3. The van der Waals surface area contributed by atoms with E-state index >= 15 is 0 Å². The molecule has 0 saturated carbocycles. The van der Waals surface area contributed by atoms with Gasteiger partial charge in [-0.2, -0.15) is 10.1 Å². The van der Waals surface area contributed by atoms with Crippen LogP contribution in [0, 0.1) is 6.92 Å². The van der Waals surface area contributed by atoms with Crippen LogP contribution in [0.3, 0.4) is 0 Å². The van der Waals surface area contributed by atoms with E-state index in [0.717, 1.165) is 41.0 Å². The first-order chi connectivity index (χ1) is 14.0. The van der Waals surface area contributed by atoms with Crippen LogP contribution in [-0.2, 0) is 4.74 Å². The van der Waals surface area contributed by atoms with Gasteiger partial charge in [-0.3, -0.25) is 5.10 Å². The van der Waals surface area contributed by atoms with Gasteiger partial charge in [0.05, 0.1) is 32.1 Å². The highest BCUT2D eigenvalue weighted by molar-refractivity contribution is 5.94. The Morgan fingerprint density at radius 1 is 1.14 bits per heavy atom. The third-order valence-corrected chi connectivity index (χ3v) is 4.76. The maximum Gasteiger partial charge on any atom is 0.223 e. The number of aromatic amines is 1. The number of morpholine rings is 1. The molecular formula is C21H27N5O3. The number of ether oxygens (including phenoxy) is 3. The van der Waals surface area contributed by atoms with Crippen LogP contribution in [0.5, 0.6) is 11.6 Å². The van der Waals surface area contributed by atoms with Crippen molar-refractivity contribution in [1.29, 1.82) is 0 Å². The summed E-state index contributed by atoms with van der Waals surface area (Å²) in [6.45, 7) is 9.03. The summed E-state index contributed by atoms with van der Waals surface area (Å²) in [5, 5.41) is 12.4. The normalized spacial score (nSPS) is 14.4. The average Bonchev–Trinajstić information content (AvgIpc) is 3.12. The molecule has 1 fully saturated rings. The lowest BCUT2D eigenvalue weighted by molar-refractivity contribution is 0.122. The Labute approximate surface area is 170 Å². The quantitative estimate of drug-likeness (QED) is 0.657. The van der Waals surface area contributed by atoms with Crippen LogP contribution >= 0.6 is 0 Å². The van der Waals surface area contributed by atoms with E-state index in [2.05, 4.69) is 31.5 Å². The molecule has 3 aromatic rings. The van der Waals surface area contributed by atoms with E-state index in [0.29, 0.717) is 30.7 Å². The van der Waals surface area contributed by atoms with Gasteiger partial charge >= 0.3 is 0 Å². The number of hydrogen-bond acceptors (Lipinski definition) is 7. The molecule has 8 nitrogen and oxygen atoms in total. The molecule has 0 bridgehead atoms. The summed E-state index contributed by atoms with van der Waals surface area (Å²) in [6, 6.07) is 8.08. The largest absolute Gasteiger partial charge is 0.495 e. The number of pyridine rings is 1. The van der Waals surface area contributed by atoms with Gasteiger partial charge in [-0.25, -0.2) is 0 Å². The minimum atomic E-state index is -0.00140. The van der Waals surface area contributed by atoms with Crippen molar-refractivity contribution in [2.75, 3.05) is 43.6 Å². The zero-order valence-corrected chi connectivity index (χ0v) is 17.3. The van der Waals surface area contributed by atoms with Crippen LogP contribution in [0.4, 0.5) is 17.3 Å². The van der Waals surface area contributed by atoms with Gasteiger partial charge in [0.2, 0.25) is 5.88 Å². The molecule has 2 N–H and O–H groups in total. The first-order valence-corrected chi connectivity index (χ1v) is 9.84. The predicted octanol–water partition coefficient (Wildman–Crippen LogP) is 3.64. The fourth-order valence-electron chi connectivity index (χ4n) is 3.44. The highest BCUT2D eigenvalue weighted by atomic mass is 16.5. The number of rotatable bonds is 6. The van der Waals surface area contributed by atoms with Gasteiger partial charge in [0.25, 0.3) is 0 Å². The van der Waals surface area contributed by atoms with E-state index in [4.69, 9.17) is 14.2 Å². The second-order valence-electron chi connectivity index (χ2n) is 7.39. The predicted molar refractivity (Wildman–Crippen MR) is 114 cm³/mol. The summed E-state index contributed by atoms with van der Waals surface area (Å²) in [5.74, 6) is 2.77. The lowest BCUT2D eigenvalue weighted by atomic mass is 10.1. The maximum absolute atomic E-state index is 6.03. The Bertz CT molecular complexity index is 995. The maximum atomic E-state index is 6.03. The van der Waals surface area contributed by atoms with E-state index in [-0.39, 0.29) is 6.10 Å². The first kappa shape index (κ1) is 19.3. The summed E-state index contributed by atoms with van der Waals surface area (Å²) < 4.78 is 17.2. The topological polar surface area (TPSA) is 84.5 Å². The molecule has 0 atom stereocenters. The zero-order chi connectivity index (χ0) is 20.4. The van der Waals surface area contributed by atoms with Crippen molar-refractivity contribution < 1.29 is 14.2 Å². The molecule has 2 aromatic heterocycles. The molecule has 3 heterocycles. The average molecular weight is 397 g/mol. The molecule has 29 heavy (non-hydrogen) atoms. The number of fused-ring (bicyclic) bond motifs is 1. The minimum Gasteiger partial charge on any atom is -0.495 e. The van der Waals surface area contributed by atoms with Crippen LogP contribution in [0.2, 0.25) is 0 Å². The van der Waals surface area contributed by atoms with Crippen molar-refractivity contribution in [3.05, 3.63) is 30.0 Å². The lowest BCUT2D eigenvalue weighted by Crippen LogP contribution is -2.36. The second kappa shape index (κ2) is 8.16. The van der Waals surface area contributed by atoms with Gasteiger partial charge < -0.3 is 24.4 Å². The van der Waals surface area contributed by atoms with Crippen molar-refractivity contribution in [3.63, 3.8) is 0 Å². The number of aromatic nitrogens is 3. The van der Waals surface area contributed by atoms with E-state index in [9.17, 15) is 0 Å². The summed E-state index contributed by atoms with van der Waals surface area (Å²) in [6.07, 6.45) is -0.00140. The third kappa shape index (κ3) is 4.22. The zero-order valence-electron chi connectivity index (χ0n) is 17.3. The Kier molecular flexibility index (Phi) is 5.44. The van der Waals surface area contributed by atoms with E-state index in [1.54, 1.807) is 7.11 Å². The summed E-state index contributed by atoms with van der Waals surface area (Å²) in [7, 11) is 1.69. The Hall–Kier alpha value is -3.00. The highest BCUT2D eigenvalue weighted by Gasteiger charge is 2.19. The van der Waals surface area contributed by atoms with Gasteiger partial charge in [-0.05, 0) is 44.4 Å². The second-order valence-corrected chi connectivity index (χ2v) is 7.39. The van der Waals surface area contributed by atoms with E-state index in [1.807, 2.05) is 39.0 Å². The standard InChI is InChI=1S/C21H27N5O3/c1-13(2)29-21-16-12-18(27-4)17(26-5-7-28-8-6-26)10-15(16)11-19(23-21)22-20-9-14(3)24-25-20/h9-13H,5-8H2,1-4H3,(H2,22,23,24,25). The Morgan fingerprint density at radius 2 is 1.93 bits per heavy atom. The molecule has 154 valence electrons. The number of aryl methyl sites for hydroxylation is 1. The van der Waals surface area contributed by atoms with Gasteiger partial charge in [0.15, 0.2) is 5.82 Å². The molecule has 0 radical (unpaired) electrons. The third-order valence-electron chi connectivity index (χ3n) is 4.76. The molecule has 0 spiro atoms. The van der Waals surface area contributed by atoms with Gasteiger partial charge in [-0.15, -0.1) is 0 Å². The number of H-pyrrole nitrogens is 1. The number of nitrogens with zero attached hydrogens (tertiary/aromatic N) is 3. The first-order valence-electron chi connectivity index (χ1n) is 9.84. The molecule has 4 rings (SSSR count). The molecule has 0 amide bonds. The smallest absolute Gasteiger partial charge is 0.223 e. The lowest BCUT2D eigenvalue weighted by Gasteiger charge is -2.30. The van der Waals surface area contributed by atoms with Crippen molar-refractivity contribution >= 4 is 28.1 Å². The van der Waals surface area contributed by atoms with Crippen molar-refractivity contribution in [2.24, 2.45) is 0 Å². The number of hydrogen-bond donors (Lipinski definition) is 2. The Balaban J connectivity index is 1.81. The molecule has 1 saturated heterocycles.